The number of β-amino-alcohol motifs (C(OH)–C–C–N with tert-alkyl or cyclic N) is 1. The van der Waals surface area contributed by atoms with Crippen LogP contribution >= 0.6 is 22.9 Å². The molecule has 3 aliphatic rings. The highest BCUT2D eigenvalue weighted by atomic mass is 35.5. The van der Waals surface area contributed by atoms with Crippen molar-refractivity contribution in [2.24, 2.45) is 16.2 Å². The van der Waals surface area contributed by atoms with Gasteiger partial charge in [-0.1, -0.05) is 72.2 Å². The fourth-order valence-electron chi connectivity index (χ4n) is 10.3. The Morgan fingerprint density at radius 2 is 1.75 bits per heavy atom. The van der Waals surface area contributed by atoms with E-state index in [1.165, 1.54) is 16.2 Å². The number of aliphatic hydroxyl groups is 1. The van der Waals surface area contributed by atoms with Gasteiger partial charge in [-0.05, 0) is 48.2 Å². The average Bonchev–Trinajstić information content (AvgIpc) is 3.96. The summed E-state index contributed by atoms with van der Waals surface area (Å²) < 4.78 is 17.8. The van der Waals surface area contributed by atoms with E-state index in [0.29, 0.717) is 53.9 Å². The fourth-order valence-corrected chi connectivity index (χ4v) is 11.3. The summed E-state index contributed by atoms with van der Waals surface area (Å²) >= 11 is 7.79. The zero-order valence-corrected chi connectivity index (χ0v) is 43.6. The molecule has 19 heteroatoms. The number of thiazole rings is 1. The molecule has 2 saturated heterocycles. The predicted octanol–water partition coefficient (Wildman–Crippen LogP) is 5.61. The molecule has 2 aromatic heterocycles. The minimum Gasteiger partial charge on any atom is -0.496 e. The number of pyridine rings is 1. The number of halogens is 1. The molecule has 3 atom stereocenters. The van der Waals surface area contributed by atoms with Gasteiger partial charge in [0.25, 0.3) is 5.91 Å². The van der Waals surface area contributed by atoms with Crippen LogP contribution in [0.2, 0.25) is 5.02 Å². The molecule has 7 rings (SSSR count). The standard InChI is InChI=1S/C52H66ClN9O8S/c1-31-43(71-30-57-31)32-10-11-34(40(22-32)68-9)26-56-46(66)39-23-36(63)28-62(39)47(67)44(50(2,3)4)58-42(64)29-69-21-20-60-16-18-61(19-17-60)41-15-13-35(27-55-41)45(65)59-48-51(5,6)49(52(48,7)8)70-37-14-12-33(25-54)38(53)24-37/h10-15,22,24,27,30,36,39,44,48-49,63H,16-21,23,26,28-29H2,1-9H3,(H,56,66)(H,58,64)(H,59,65)/t36-,39?,44-,48-,49-/m1/s1. The number of hydrogen-bond donors (Lipinski definition) is 4. The van der Waals surface area contributed by atoms with Crippen molar-refractivity contribution in [3.05, 3.63) is 87.6 Å². The van der Waals surface area contributed by atoms with Gasteiger partial charge in [-0.15, -0.1) is 11.3 Å². The first kappa shape index (κ1) is 53.0. The minimum atomic E-state index is -0.982. The lowest BCUT2D eigenvalue weighted by atomic mass is 9.49. The van der Waals surface area contributed by atoms with Crippen molar-refractivity contribution >= 4 is 52.4 Å². The molecular weight excluding hydrogens is 946 g/mol. The van der Waals surface area contributed by atoms with Crippen molar-refractivity contribution < 1.29 is 38.5 Å². The lowest BCUT2D eigenvalue weighted by Gasteiger charge is -2.63. The Morgan fingerprint density at radius 3 is 2.37 bits per heavy atom. The second kappa shape index (κ2) is 21.9. The van der Waals surface area contributed by atoms with E-state index in [2.05, 4.69) is 69.5 Å². The largest absolute Gasteiger partial charge is 0.496 e. The van der Waals surface area contributed by atoms with Gasteiger partial charge in [-0.2, -0.15) is 5.26 Å². The first-order valence-corrected chi connectivity index (χ1v) is 25.2. The number of nitrogens with zero attached hydrogens (tertiary/aromatic N) is 6. The Hall–Kier alpha value is -5.84. The molecule has 4 amide bonds. The van der Waals surface area contributed by atoms with Gasteiger partial charge >= 0.3 is 0 Å². The molecule has 17 nitrogen and oxygen atoms in total. The number of amides is 4. The summed E-state index contributed by atoms with van der Waals surface area (Å²) in [7, 11) is 1.57. The number of nitrogens with one attached hydrogen (secondary N) is 3. The van der Waals surface area contributed by atoms with Crippen molar-refractivity contribution in [2.75, 3.05) is 64.5 Å². The number of methoxy groups -OCH3 is 1. The van der Waals surface area contributed by atoms with Crippen LogP contribution in [0.25, 0.3) is 10.4 Å². The maximum atomic E-state index is 14.1. The van der Waals surface area contributed by atoms with E-state index in [1.807, 2.05) is 52.0 Å². The molecule has 4 aromatic rings. The highest BCUT2D eigenvalue weighted by Gasteiger charge is 2.64. The Kier molecular flexibility index (Phi) is 16.3. The highest BCUT2D eigenvalue weighted by Crippen LogP contribution is 2.55. The van der Waals surface area contributed by atoms with Gasteiger partial charge in [-0.3, -0.25) is 24.1 Å². The number of aromatic nitrogens is 2. The Morgan fingerprint density at radius 1 is 1.01 bits per heavy atom. The van der Waals surface area contributed by atoms with Crippen LogP contribution in [0.3, 0.4) is 0 Å². The molecule has 4 N–H and O–H groups in total. The van der Waals surface area contributed by atoms with E-state index in [1.54, 1.807) is 43.1 Å². The molecule has 380 valence electrons. The summed E-state index contributed by atoms with van der Waals surface area (Å²) in [5.74, 6) is 0.408. The van der Waals surface area contributed by atoms with Gasteiger partial charge in [0.2, 0.25) is 17.7 Å². The molecule has 0 radical (unpaired) electrons. The first-order valence-electron chi connectivity index (χ1n) is 23.9. The van der Waals surface area contributed by atoms with Gasteiger partial charge in [0.1, 0.15) is 48.2 Å². The summed E-state index contributed by atoms with van der Waals surface area (Å²) in [6.45, 7) is 19.4. The minimum absolute atomic E-state index is 0.0379. The quantitative estimate of drug-likeness (QED) is 0.0950. The molecule has 0 bridgehead atoms. The summed E-state index contributed by atoms with van der Waals surface area (Å²) in [6.07, 6.45) is 0.551. The number of hydrogen-bond acceptors (Lipinski definition) is 14. The number of carbonyl (C=O) groups excluding carboxylic acids is 4. The molecule has 71 heavy (non-hydrogen) atoms. The summed E-state index contributed by atoms with van der Waals surface area (Å²) in [6, 6.07) is 14.4. The van der Waals surface area contributed by atoms with Crippen LogP contribution in [0.5, 0.6) is 11.5 Å². The van der Waals surface area contributed by atoms with Crippen LogP contribution < -0.4 is 30.3 Å². The van der Waals surface area contributed by atoms with Gasteiger partial charge in [0.15, 0.2) is 0 Å². The molecule has 1 unspecified atom stereocenters. The number of likely N-dealkylation sites (tertiary alicyclic amines) is 1. The normalized spacial score (nSPS) is 21.1. The van der Waals surface area contributed by atoms with Crippen LogP contribution in [0, 0.1) is 34.5 Å². The van der Waals surface area contributed by atoms with E-state index < -0.39 is 52.2 Å². The topological polar surface area (TPSA) is 212 Å². The molecule has 2 aromatic carbocycles. The lowest BCUT2D eigenvalue weighted by molar-refractivity contribution is -0.164. The number of benzene rings is 2. The summed E-state index contributed by atoms with van der Waals surface area (Å²) in [4.78, 5) is 70.3. The van der Waals surface area contributed by atoms with Crippen LogP contribution in [0.4, 0.5) is 5.82 Å². The number of carbonyl (C=O) groups is 4. The Balaban J connectivity index is 0.834. The number of aryl methyl sites for hydroxylation is 1. The van der Waals surface area contributed by atoms with Crippen LogP contribution in [0.1, 0.15) is 82.1 Å². The molecule has 4 heterocycles. The van der Waals surface area contributed by atoms with Gasteiger partial charge in [0.05, 0.1) is 52.1 Å². The fraction of sp³-hybridized carbons (Fsp3) is 0.519. The third-order valence-corrected chi connectivity index (χ3v) is 15.2. The van der Waals surface area contributed by atoms with E-state index in [9.17, 15) is 29.5 Å². The molecular formula is C52H66ClN9O8S. The van der Waals surface area contributed by atoms with Crippen LogP contribution in [-0.4, -0.2) is 138 Å². The van der Waals surface area contributed by atoms with Crippen molar-refractivity contribution in [1.82, 2.24) is 35.7 Å². The lowest BCUT2D eigenvalue weighted by Crippen LogP contribution is -2.74. The number of anilines is 1. The highest BCUT2D eigenvalue weighted by molar-refractivity contribution is 7.13. The van der Waals surface area contributed by atoms with Crippen molar-refractivity contribution in [2.45, 2.75) is 98.7 Å². The zero-order valence-electron chi connectivity index (χ0n) is 42.0. The van der Waals surface area contributed by atoms with Gasteiger partial charge < -0.3 is 45.1 Å². The average molecular weight is 1010 g/mol. The van der Waals surface area contributed by atoms with Crippen molar-refractivity contribution in [3.8, 4) is 28.0 Å². The molecule has 1 saturated carbocycles. The predicted molar refractivity (Wildman–Crippen MR) is 271 cm³/mol. The monoisotopic (exact) mass is 1010 g/mol. The van der Waals surface area contributed by atoms with E-state index >= 15 is 0 Å². The number of ether oxygens (including phenoxy) is 3. The first-order chi connectivity index (χ1) is 33.6. The summed E-state index contributed by atoms with van der Waals surface area (Å²) in [5.41, 5.74) is 3.74. The summed E-state index contributed by atoms with van der Waals surface area (Å²) in [5, 5.41) is 29.2. The third-order valence-electron chi connectivity index (χ3n) is 14.0. The Bertz CT molecular complexity index is 2610. The molecule has 1 aliphatic carbocycles. The van der Waals surface area contributed by atoms with Crippen molar-refractivity contribution in [1.29, 1.82) is 5.26 Å². The van der Waals surface area contributed by atoms with Crippen LogP contribution in [0.15, 0.2) is 60.2 Å². The smallest absolute Gasteiger partial charge is 0.253 e. The molecule has 3 fully saturated rings. The number of nitriles is 1. The third kappa shape index (κ3) is 11.9. The second-order valence-electron chi connectivity index (χ2n) is 20.9. The zero-order chi connectivity index (χ0) is 51.4. The maximum absolute atomic E-state index is 14.1. The SMILES string of the molecule is COc1cc(-c2scnc2C)ccc1CNC(=O)C1C[C@@H](O)CN1C(=O)[C@@H](NC(=O)COCCN1CCN(c2ccc(C(=O)N[C@H]3C(C)(C)[C@H](Oc4ccc(C#N)c(Cl)c4)C3(C)C)cn2)CC1)C(C)(C)C. The second-order valence-corrected chi connectivity index (χ2v) is 22.1. The Labute approximate surface area is 425 Å². The number of piperazine rings is 1. The molecule has 0 spiro atoms. The molecule has 2 aliphatic heterocycles. The maximum Gasteiger partial charge on any atom is 0.253 e. The van der Waals surface area contributed by atoms with E-state index in [-0.39, 0.29) is 44.2 Å². The van der Waals surface area contributed by atoms with E-state index in [4.69, 9.17) is 25.8 Å². The van der Waals surface area contributed by atoms with E-state index in [0.717, 1.165) is 40.6 Å². The van der Waals surface area contributed by atoms with Gasteiger partial charge in [0, 0.05) is 86.9 Å². The number of rotatable bonds is 17. The van der Waals surface area contributed by atoms with Gasteiger partial charge in [-0.25, -0.2) is 9.97 Å². The number of aliphatic hydroxyl groups excluding tert-OH is 1. The van der Waals surface area contributed by atoms with Crippen LogP contribution in [-0.2, 0) is 25.7 Å². The van der Waals surface area contributed by atoms with Crippen molar-refractivity contribution in [3.63, 3.8) is 0 Å².